The maximum atomic E-state index is 11.3. The van der Waals surface area contributed by atoms with Crippen LogP contribution in [0.1, 0.15) is 10.5 Å². The summed E-state index contributed by atoms with van der Waals surface area (Å²) in [5, 5.41) is 0. The molecule has 0 unspecified atom stereocenters. The number of aldehydes is 1. The summed E-state index contributed by atoms with van der Waals surface area (Å²) in [4.78, 5) is 42.6. The second-order valence-electron chi connectivity index (χ2n) is 2.90. The van der Waals surface area contributed by atoms with E-state index in [2.05, 4.69) is 15.0 Å². The van der Waals surface area contributed by atoms with E-state index in [1.165, 1.54) is 13.2 Å². The highest BCUT2D eigenvalue weighted by atomic mass is 16.2. The van der Waals surface area contributed by atoms with E-state index in [1.54, 1.807) is 0 Å². The van der Waals surface area contributed by atoms with Crippen LogP contribution in [0.3, 0.4) is 0 Å². The standard InChI is InChI=1S/C8H6N4O3/c1-12-6-5(7(14)11-8(12)15)10-4(3-13)2-9-6/h2-3H,1H3,(H,11,14,15). The highest BCUT2D eigenvalue weighted by Crippen LogP contribution is 1.99. The Labute approximate surface area is 82.4 Å². The molecule has 0 saturated heterocycles. The number of aromatic nitrogens is 4. The van der Waals surface area contributed by atoms with Crippen molar-refractivity contribution in [3.05, 3.63) is 32.7 Å². The molecule has 15 heavy (non-hydrogen) atoms. The van der Waals surface area contributed by atoms with Gasteiger partial charge in [0.25, 0.3) is 5.56 Å². The molecule has 0 bridgehead atoms. The second kappa shape index (κ2) is 3.12. The van der Waals surface area contributed by atoms with E-state index in [-0.39, 0.29) is 16.9 Å². The number of nitrogens with one attached hydrogen (secondary N) is 1. The van der Waals surface area contributed by atoms with Gasteiger partial charge in [0.15, 0.2) is 17.5 Å². The largest absolute Gasteiger partial charge is 0.329 e. The fourth-order valence-electron chi connectivity index (χ4n) is 1.19. The summed E-state index contributed by atoms with van der Waals surface area (Å²) in [6, 6.07) is 0. The molecule has 0 spiro atoms. The summed E-state index contributed by atoms with van der Waals surface area (Å²) < 4.78 is 1.15. The number of aromatic amines is 1. The molecule has 2 aromatic heterocycles. The van der Waals surface area contributed by atoms with Crippen LogP contribution in [0.5, 0.6) is 0 Å². The first-order valence-electron chi connectivity index (χ1n) is 4.04. The zero-order valence-electron chi connectivity index (χ0n) is 7.72. The molecular formula is C8H6N4O3. The lowest BCUT2D eigenvalue weighted by atomic mass is 10.4. The van der Waals surface area contributed by atoms with Gasteiger partial charge in [0.05, 0.1) is 6.20 Å². The van der Waals surface area contributed by atoms with Crippen molar-refractivity contribution in [3.63, 3.8) is 0 Å². The minimum Gasteiger partial charge on any atom is -0.296 e. The Morgan fingerprint density at radius 2 is 2.20 bits per heavy atom. The molecule has 7 nitrogen and oxygen atoms in total. The van der Waals surface area contributed by atoms with Crippen molar-refractivity contribution >= 4 is 17.5 Å². The van der Waals surface area contributed by atoms with E-state index in [9.17, 15) is 14.4 Å². The zero-order valence-corrected chi connectivity index (χ0v) is 7.72. The number of fused-ring (bicyclic) bond motifs is 1. The van der Waals surface area contributed by atoms with Crippen LogP contribution >= 0.6 is 0 Å². The fourth-order valence-corrected chi connectivity index (χ4v) is 1.19. The molecule has 0 aromatic carbocycles. The van der Waals surface area contributed by atoms with Gasteiger partial charge in [-0.05, 0) is 0 Å². The molecule has 0 aliphatic carbocycles. The molecule has 2 heterocycles. The Hall–Kier alpha value is -2.31. The van der Waals surface area contributed by atoms with Crippen LogP contribution in [0.15, 0.2) is 15.8 Å². The third-order valence-corrected chi connectivity index (χ3v) is 1.95. The predicted molar refractivity (Wildman–Crippen MR) is 50.8 cm³/mol. The van der Waals surface area contributed by atoms with Crippen molar-refractivity contribution < 1.29 is 4.79 Å². The van der Waals surface area contributed by atoms with E-state index >= 15 is 0 Å². The Morgan fingerprint density at radius 3 is 2.87 bits per heavy atom. The summed E-state index contributed by atoms with van der Waals surface area (Å²) in [7, 11) is 1.45. The number of H-pyrrole nitrogens is 1. The molecule has 1 N–H and O–H groups in total. The first-order chi connectivity index (χ1) is 7.13. The number of hydrogen-bond donors (Lipinski definition) is 1. The molecule has 2 aromatic rings. The average molecular weight is 206 g/mol. The first kappa shape index (κ1) is 9.25. The molecule has 0 fully saturated rings. The number of hydrogen-bond acceptors (Lipinski definition) is 5. The maximum Gasteiger partial charge on any atom is 0.329 e. The first-order valence-corrected chi connectivity index (χ1v) is 4.04. The van der Waals surface area contributed by atoms with E-state index in [0.717, 1.165) is 4.57 Å². The highest BCUT2D eigenvalue weighted by molar-refractivity contribution is 5.77. The number of nitrogens with zero attached hydrogens (tertiary/aromatic N) is 3. The van der Waals surface area contributed by atoms with Gasteiger partial charge in [-0.1, -0.05) is 0 Å². The SMILES string of the molecule is Cn1c(=O)[nH]c(=O)c2nc(C=O)cnc21. The van der Waals surface area contributed by atoms with Crippen molar-refractivity contribution in [1.29, 1.82) is 0 Å². The van der Waals surface area contributed by atoms with Gasteiger partial charge in [0, 0.05) is 7.05 Å². The lowest BCUT2D eigenvalue weighted by Gasteiger charge is -2.00. The minimum atomic E-state index is -0.649. The summed E-state index contributed by atoms with van der Waals surface area (Å²) >= 11 is 0. The van der Waals surface area contributed by atoms with E-state index in [4.69, 9.17) is 0 Å². The lowest BCUT2D eigenvalue weighted by molar-refractivity contribution is 0.111. The van der Waals surface area contributed by atoms with E-state index in [1.807, 2.05) is 0 Å². The summed E-state index contributed by atoms with van der Waals surface area (Å²) in [5.74, 6) is 0. The Kier molecular flexibility index (Phi) is 1.93. The van der Waals surface area contributed by atoms with Crippen LogP contribution in [0.2, 0.25) is 0 Å². The van der Waals surface area contributed by atoms with Gasteiger partial charge < -0.3 is 0 Å². The summed E-state index contributed by atoms with van der Waals surface area (Å²) in [6.07, 6.45) is 1.69. The monoisotopic (exact) mass is 206 g/mol. The fraction of sp³-hybridized carbons (Fsp3) is 0.125. The molecule has 0 aliphatic rings. The predicted octanol–water partition coefficient (Wildman–Crippen LogP) is -1.17. The molecule has 0 aliphatic heterocycles. The third kappa shape index (κ3) is 1.33. The van der Waals surface area contributed by atoms with Crippen molar-refractivity contribution in [1.82, 2.24) is 19.5 Å². The van der Waals surface area contributed by atoms with Gasteiger partial charge in [0.1, 0.15) is 5.69 Å². The Morgan fingerprint density at radius 1 is 1.47 bits per heavy atom. The number of carbonyl (C=O) groups excluding carboxylic acids is 1. The maximum absolute atomic E-state index is 11.3. The quantitative estimate of drug-likeness (QED) is 0.593. The van der Waals surface area contributed by atoms with Crippen LogP contribution in [-0.4, -0.2) is 25.8 Å². The van der Waals surface area contributed by atoms with E-state index < -0.39 is 11.2 Å². The van der Waals surface area contributed by atoms with Crippen LogP contribution < -0.4 is 11.2 Å². The molecule has 76 valence electrons. The number of carbonyl (C=O) groups is 1. The van der Waals surface area contributed by atoms with Crippen LogP contribution in [0.25, 0.3) is 11.2 Å². The smallest absolute Gasteiger partial charge is 0.296 e. The molecule has 0 radical (unpaired) electrons. The van der Waals surface area contributed by atoms with Crippen LogP contribution in [0, 0.1) is 0 Å². The lowest BCUT2D eigenvalue weighted by Crippen LogP contribution is -2.29. The van der Waals surface area contributed by atoms with Gasteiger partial charge in [-0.25, -0.2) is 14.8 Å². The second-order valence-corrected chi connectivity index (χ2v) is 2.90. The van der Waals surface area contributed by atoms with Crippen molar-refractivity contribution in [2.75, 3.05) is 0 Å². The van der Waals surface area contributed by atoms with Gasteiger partial charge in [-0.3, -0.25) is 19.1 Å². The molecule has 7 heteroatoms. The molecule has 0 saturated carbocycles. The minimum absolute atomic E-state index is 0.0262. The van der Waals surface area contributed by atoms with Gasteiger partial charge in [-0.15, -0.1) is 0 Å². The summed E-state index contributed by atoms with van der Waals surface area (Å²) in [6.45, 7) is 0. The van der Waals surface area contributed by atoms with Crippen LogP contribution in [-0.2, 0) is 7.05 Å². The summed E-state index contributed by atoms with van der Waals surface area (Å²) in [5.41, 5.74) is -1.05. The highest BCUT2D eigenvalue weighted by Gasteiger charge is 2.07. The van der Waals surface area contributed by atoms with Crippen LogP contribution in [0.4, 0.5) is 0 Å². The number of rotatable bonds is 1. The molecular weight excluding hydrogens is 200 g/mol. The average Bonchev–Trinajstić information content (AvgIpc) is 2.25. The normalized spacial score (nSPS) is 10.5. The molecule has 0 atom stereocenters. The third-order valence-electron chi connectivity index (χ3n) is 1.95. The van der Waals surface area contributed by atoms with E-state index in [0.29, 0.717) is 6.29 Å². The topological polar surface area (TPSA) is 97.7 Å². The van der Waals surface area contributed by atoms with Crippen molar-refractivity contribution in [2.24, 2.45) is 7.05 Å². The molecule has 0 amide bonds. The molecule has 2 rings (SSSR count). The zero-order chi connectivity index (χ0) is 11.0. The van der Waals surface area contributed by atoms with Gasteiger partial charge in [0.2, 0.25) is 0 Å². The van der Waals surface area contributed by atoms with Gasteiger partial charge >= 0.3 is 5.69 Å². The van der Waals surface area contributed by atoms with Crippen molar-refractivity contribution in [2.45, 2.75) is 0 Å². The van der Waals surface area contributed by atoms with Gasteiger partial charge in [-0.2, -0.15) is 0 Å². The van der Waals surface area contributed by atoms with Crippen molar-refractivity contribution in [3.8, 4) is 0 Å². The number of aryl methyl sites for hydroxylation is 1. The Balaban J connectivity index is 3.03. The Bertz CT molecular complexity index is 655.